The molecule has 0 radical (unpaired) electrons. The van der Waals surface area contributed by atoms with E-state index in [-0.39, 0.29) is 0 Å². The molecule has 1 heterocycles. The molecule has 0 aromatic heterocycles. The molecule has 1 aliphatic heterocycles. The monoisotopic (exact) mass is 261 g/mol. The Morgan fingerprint density at radius 3 is 2.35 bits per heavy atom. The molecule has 0 fully saturated rings. The van der Waals surface area contributed by atoms with E-state index in [0.29, 0.717) is 6.04 Å². The molecule has 0 bridgehead atoms. The molecule has 0 amide bonds. The van der Waals surface area contributed by atoms with Crippen molar-refractivity contribution in [3.8, 4) is 0 Å². The fourth-order valence-corrected chi connectivity index (χ4v) is 2.68. The summed E-state index contributed by atoms with van der Waals surface area (Å²) in [6, 6.07) is 19.5. The molecule has 3 rings (SSSR count). The van der Waals surface area contributed by atoms with Crippen molar-refractivity contribution in [2.45, 2.75) is 13.0 Å². The minimum Gasteiger partial charge on any atom is -0.370 e. The summed E-state index contributed by atoms with van der Waals surface area (Å²) in [6.07, 6.45) is 6.70. The Bertz CT molecular complexity index is 652. The molecule has 100 valence electrons. The first-order valence-corrected chi connectivity index (χ1v) is 6.98. The van der Waals surface area contributed by atoms with Crippen LogP contribution in [0.4, 0.5) is 0 Å². The number of likely N-dealkylation sites (N-methyl/N-ethyl adjacent to an activating group) is 1. The van der Waals surface area contributed by atoms with Crippen molar-refractivity contribution in [1.82, 2.24) is 4.90 Å². The zero-order valence-electron chi connectivity index (χ0n) is 12.0. The molecule has 0 aliphatic carbocycles. The standard InChI is InChI=1S/C19H19N/c1-15-8-6-7-11-18(15)19-14-17(12-13-20(19)2)16-9-4-3-5-10-16/h3-14,19H,1-2H3. The third-order valence-corrected chi connectivity index (χ3v) is 3.88. The third kappa shape index (κ3) is 2.39. The number of aryl methyl sites for hydroxylation is 1. The van der Waals surface area contributed by atoms with Crippen molar-refractivity contribution in [3.63, 3.8) is 0 Å². The third-order valence-electron chi connectivity index (χ3n) is 3.88. The van der Waals surface area contributed by atoms with Crippen molar-refractivity contribution in [3.05, 3.63) is 89.6 Å². The lowest BCUT2D eigenvalue weighted by Crippen LogP contribution is -2.20. The minimum atomic E-state index is 0.302. The molecule has 1 aliphatic rings. The van der Waals surface area contributed by atoms with Gasteiger partial charge < -0.3 is 4.90 Å². The van der Waals surface area contributed by atoms with Gasteiger partial charge in [0.25, 0.3) is 0 Å². The first kappa shape index (κ1) is 12.7. The molecule has 20 heavy (non-hydrogen) atoms. The highest BCUT2D eigenvalue weighted by Gasteiger charge is 2.18. The van der Waals surface area contributed by atoms with E-state index in [1.165, 1.54) is 22.3 Å². The molecule has 1 heteroatoms. The van der Waals surface area contributed by atoms with Gasteiger partial charge in [-0.3, -0.25) is 0 Å². The SMILES string of the molecule is Cc1ccccc1C1C=C(c2ccccc2)C=CN1C. The Morgan fingerprint density at radius 2 is 1.60 bits per heavy atom. The summed E-state index contributed by atoms with van der Waals surface area (Å²) in [5, 5.41) is 0. The van der Waals surface area contributed by atoms with E-state index in [1.807, 2.05) is 0 Å². The maximum Gasteiger partial charge on any atom is 0.0729 e. The average molecular weight is 261 g/mol. The molecule has 1 unspecified atom stereocenters. The number of rotatable bonds is 2. The molecular formula is C19H19N. The summed E-state index contributed by atoms with van der Waals surface area (Å²) < 4.78 is 0. The maximum absolute atomic E-state index is 2.34. The zero-order valence-corrected chi connectivity index (χ0v) is 12.0. The van der Waals surface area contributed by atoms with Crippen molar-refractivity contribution >= 4 is 5.57 Å². The summed E-state index contributed by atoms with van der Waals surface area (Å²) in [7, 11) is 2.13. The Morgan fingerprint density at radius 1 is 0.900 bits per heavy atom. The zero-order chi connectivity index (χ0) is 13.9. The van der Waals surface area contributed by atoms with Gasteiger partial charge in [-0.25, -0.2) is 0 Å². The second-order valence-corrected chi connectivity index (χ2v) is 5.27. The summed E-state index contributed by atoms with van der Waals surface area (Å²) in [5.74, 6) is 0. The van der Waals surface area contributed by atoms with Crippen LogP contribution in [0.1, 0.15) is 22.7 Å². The van der Waals surface area contributed by atoms with Crippen molar-refractivity contribution in [1.29, 1.82) is 0 Å². The molecule has 1 atom stereocenters. The van der Waals surface area contributed by atoms with Gasteiger partial charge in [0, 0.05) is 13.2 Å². The molecule has 2 aromatic rings. The van der Waals surface area contributed by atoms with Crippen LogP contribution >= 0.6 is 0 Å². The first-order valence-electron chi connectivity index (χ1n) is 6.98. The van der Waals surface area contributed by atoms with Crippen LogP contribution in [0.3, 0.4) is 0 Å². The lowest BCUT2D eigenvalue weighted by molar-refractivity contribution is 0.390. The first-order chi connectivity index (χ1) is 9.75. The van der Waals surface area contributed by atoms with Crippen molar-refractivity contribution in [2.24, 2.45) is 0 Å². The van der Waals surface area contributed by atoms with E-state index < -0.39 is 0 Å². The predicted molar refractivity (Wildman–Crippen MR) is 85.2 cm³/mol. The van der Waals surface area contributed by atoms with Crippen LogP contribution in [0.5, 0.6) is 0 Å². The van der Waals surface area contributed by atoms with Gasteiger partial charge in [0.2, 0.25) is 0 Å². The number of hydrogen-bond acceptors (Lipinski definition) is 1. The predicted octanol–water partition coefficient (Wildman–Crippen LogP) is 4.58. The topological polar surface area (TPSA) is 3.24 Å². The Balaban J connectivity index is 2.01. The molecule has 0 N–H and O–H groups in total. The fourth-order valence-electron chi connectivity index (χ4n) is 2.68. The second kappa shape index (κ2) is 5.38. The number of benzene rings is 2. The second-order valence-electron chi connectivity index (χ2n) is 5.27. The minimum absolute atomic E-state index is 0.302. The molecular weight excluding hydrogens is 242 g/mol. The summed E-state index contributed by atoms with van der Waals surface area (Å²) in [6.45, 7) is 2.18. The Hall–Kier alpha value is -2.28. The molecule has 2 aromatic carbocycles. The summed E-state index contributed by atoms with van der Waals surface area (Å²) >= 11 is 0. The van der Waals surface area contributed by atoms with Crippen LogP contribution in [0, 0.1) is 6.92 Å². The molecule has 1 nitrogen and oxygen atoms in total. The van der Waals surface area contributed by atoms with Crippen molar-refractivity contribution in [2.75, 3.05) is 7.05 Å². The van der Waals surface area contributed by atoms with Gasteiger partial charge >= 0.3 is 0 Å². The van der Waals surface area contributed by atoms with Gasteiger partial charge in [-0.1, -0.05) is 54.6 Å². The van der Waals surface area contributed by atoms with Crippen LogP contribution in [0.25, 0.3) is 5.57 Å². The largest absolute Gasteiger partial charge is 0.370 e. The maximum atomic E-state index is 2.34. The number of hydrogen-bond donors (Lipinski definition) is 0. The lowest BCUT2D eigenvalue weighted by Gasteiger charge is -2.30. The van der Waals surface area contributed by atoms with Gasteiger partial charge in [-0.15, -0.1) is 0 Å². The Kier molecular flexibility index (Phi) is 3.42. The Labute approximate surface area is 120 Å². The van der Waals surface area contributed by atoms with Crippen LogP contribution in [0.15, 0.2) is 72.9 Å². The average Bonchev–Trinajstić information content (AvgIpc) is 2.49. The number of allylic oxidation sites excluding steroid dienone is 2. The van der Waals surface area contributed by atoms with E-state index in [4.69, 9.17) is 0 Å². The molecule has 0 saturated heterocycles. The van der Waals surface area contributed by atoms with Gasteiger partial charge in [0.05, 0.1) is 6.04 Å². The van der Waals surface area contributed by atoms with Gasteiger partial charge in [0.1, 0.15) is 0 Å². The highest BCUT2D eigenvalue weighted by Crippen LogP contribution is 2.32. The van der Waals surface area contributed by atoms with Crippen LogP contribution < -0.4 is 0 Å². The van der Waals surface area contributed by atoms with Crippen LogP contribution in [-0.2, 0) is 0 Å². The number of nitrogens with zero attached hydrogens (tertiary/aromatic N) is 1. The highest BCUT2D eigenvalue weighted by atomic mass is 15.1. The van der Waals surface area contributed by atoms with Crippen LogP contribution in [0.2, 0.25) is 0 Å². The van der Waals surface area contributed by atoms with E-state index in [9.17, 15) is 0 Å². The normalized spacial score (nSPS) is 18.0. The lowest BCUT2D eigenvalue weighted by atomic mass is 9.94. The molecule has 0 saturated carbocycles. The van der Waals surface area contributed by atoms with Gasteiger partial charge in [-0.2, -0.15) is 0 Å². The van der Waals surface area contributed by atoms with Gasteiger partial charge in [0.15, 0.2) is 0 Å². The fraction of sp³-hybridized carbons (Fsp3) is 0.158. The summed E-state index contributed by atoms with van der Waals surface area (Å²) in [5.41, 5.74) is 5.27. The van der Waals surface area contributed by atoms with Crippen molar-refractivity contribution < 1.29 is 0 Å². The van der Waals surface area contributed by atoms with Crippen LogP contribution in [-0.4, -0.2) is 11.9 Å². The van der Waals surface area contributed by atoms with E-state index in [1.54, 1.807) is 0 Å². The van der Waals surface area contributed by atoms with E-state index in [2.05, 4.69) is 91.8 Å². The van der Waals surface area contributed by atoms with Gasteiger partial charge in [-0.05, 0) is 41.3 Å². The van der Waals surface area contributed by atoms with E-state index >= 15 is 0 Å². The van der Waals surface area contributed by atoms with E-state index in [0.717, 1.165) is 0 Å². The molecule has 0 spiro atoms. The highest BCUT2D eigenvalue weighted by molar-refractivity contribution is 5.75. The smallest absolute Gasteiger partial charge is 0.0729 e. The summed E-state index contributed by atoms with van der Waals surface area (Å²) in [4.78, 5) is 2.26. The quantitative estimate of drug-likeness (QED) is 0.765.